The number of thiophene rings is 1. The summed E-state index contributed by atoms with van der Waals surface area (Å²) in [5, 5.41) is 5.44. The molecule has 1 N–H and O–H groups in total. The lowest BCUT2D eigenvalue weighted by Crippen LogP contribution is -2.11. The molecule has 0 saturated heterocycles. The second kappa shape index (κ2) is 5.80. The highest BCUT2D eigenvalue weighted by Gasteiger charge is 2.12. The smallest absolute Gasteiger partial charge is 0.256 e. The molecule has 0 bridgehead atoms. The number of hydrogen-bond donors (Lipinski definition) is 1. The summed E-state index contributed by atoms with van der Waals surface area (Å²) in [5.74, 6) is -0.253. The Morgan fingerprint density at radius 2 is 1.78 bits per heavy atom. The van der Waals surface area contributed by atoms with Gasteiger partial charge in [0.2, 0.25) is 0 Å². The Hall–Kier alpha value is -0.260. The number of anilines is 1. The van der Waals surface area contributed by atoms with E-state index in [-0.39, 0.29) is 5.91 Å². The van der Waals surface area contributed by atoms with Crippen LogP contribution in [-0.4, -0.2) is 5.91 Å². The maximum atomic E-state index is 11.9. The van der Waals surface area contributed by atoms with Crippen LogP contribution in [0.25, 0.3) is 0 Å². The van der Waals surface area contributed by atoms with Crippen LogP contribution >= 0.6 is 62.1 Å². The van der Waals surface area contributed by atoms with Gasteiger partial charge in [0.05, 0.1) is 30.1 Å². The molecule has 2 nitrogen and oxygen atoms in total. The zero-order valence-corrected chi connectivity index (χ0v) is 13.3. The van der Waals surface area contributed by atoms with Gasteiger partial charge >= 0.3 is 0 Å². The van der Waals surface area contributed by atoms with Gasteiger partial charge in [-0.15, -0.1) is 11.3 Å². The molecule has 0 atom stereocenters. The van der Waals surface area contributed by atoms with Crippen molar-refractivity contribution in [2.24, 2.45) is 0 Å². The Balaban J connectivity index is 2.24. The number of rotatable bonds is 2. The molecule has 7 heteroatoms. The van der Waals surface area contributed by atoms with Crippen LogP contribution in [0, 0.1) is 0 Å². The maximum Gasteiger partial charge on any atom is 0.256 e. The van der Waals surface area contributed by atoms with Crippen LogP contribution in [0.15, 0.2) is 27.4 Å². The molecule has 0 unspecified atom stereocenters. The lowest BCUT2D eigenvalue weighted by molar-refractivity contribution is 0.102. The van der Waals surface area contributed by atoms with E-state index in [1.165, 1.54) is 23.5 Å². The van der Waals surface area contributed by atoms with Crippen LogP contribution in [0.4, 0.5) is 5.69 Å². The number of carbonyl (C=O) groups is 1. The molecule has 1 amide bonds. The van der Waals surface area contributed by atoms with Gasteiger partial charge in [0, 0.05) is 5.38 Å². The summed E-state index contributed by atoms with van der Waals surface area (Å²) in [4.78, 5) is 11.9. The van der Waals surface area contributed by atoms with Gasteiger partial charge in [-0.1, -0.05) is 34.8 Å². The molecule has 18 heavy (non-hydrogen) atoms. The van der Waals surface area contributed by atoms with Crippen molar-refractivity contribution in [3.05, 3.63) is 48.0 Å². The average molecular weight is 385 g/mol. The SMILES string of the molecule is O=C(Nc1cc(Cl)c(Cl)cc1Cl)c1csc(Br)c1. The minimum absolute atomic E-state index is 0.253. The highest BCUT2D eigenvalue weighted by Crippen LogP contribution is 2.32. The first-order valence-electron chi connectivity index (χ1n) is 4.67. The van der Waals surface area contributed by atoms with E-state index in [1.807, 2.05) is 0 Å². The molecule has 2 aromatic rings. The van der Waals surface area contributed by atoms with E-state index < -0.39 is 0 Å². The number of amides is 1. The molecule has 1 aromatic carbocycles. The molecule has 94 valence electrons. The molecule has 0 aliphatic carbocycles. The second-order valence-corrected chi connectivity index (χ2v) is 6.85. The summed E-state index contributed by atoms with van der Waals surface area (Å²) in [7, 11) is 0. The minimum Gasteiger partial charge on any atom is -0.321 e. The Labute approximate surface area is 131 Å². The minimum atomic E-state index is -0.253. The fourth-order valence-electron chi connectivity index (χ4n) is 1.24. The highest BCUT2D eigenvalue weighted by molar-refractivity contribution is 9.11. The number of carbonyl (C=O) groups excluding carboxylic acids is 1. The first-order chi connectivity index (χ1) is 8.47. The lowest BCUT2D eigenvalue weighted by atomic mass is 10.2. The van der Waals surface area contributed by atoms with Crippen molar-refractivity contribution in [3.8, 4) is 0 Å². The summed E-state index contributed by atoms with van der Waals surface area (Å²) in [6.07, 6.45) is 0. The molecule has 2 rings (SSSR count). The van der Waals surface area contributed by atoms with Gasteiger partial charge in [-0.3, -0.25) is 4.79 Å². The number of nitrogens with one attached hydrogen (secondary N) is 1. The Bertz CT molecular complexity index is 614. The van der Waals surface area contributed by atoms with Crippen molar-refractivity contribution in [1.29, 1.82) is 0 Å². The van der Waals surface area contributed by atoms with E-state index in [0.717, 1.165) is 3.79 Å². The third kappa shape index (κ3) is 3.19. The first-order valence-corrected chi connectivity index (χ1v) is 7.48. The maximum absolute atomic E-state index is 11.9. The third-order valence-corrected chi connectivity index (χ3v) is 4.63. The predicted octanol–water partition coefficient (Wildman–Crippen LogP) is 5.72. The van der Waals surface area contributed by atoms with Crippen molar-refractivity contribution in [3.63, 3.8) is 0 Å². The van der Waals surface area contributed by atoms with E-state index in [2.05, 4.69) is 21.2 Å². The Kier molecular flexibility index (Phi) is 4.56. The van der Waals surface area contributed by atoms with E-state index in [1.54, 1.807) is 11.4 Å². The topological polar surface area (TPSA) is 29.1 Å². The summed E-state index contributed by atoms with van der Waals surface area (Å²) in [6, 6.07) is 4.74. The van der Waals surface area contributed by atoms with Crippen molar-refractivity contribution >= 4 is 73.7 Å². The molecule has 0 aliphatic rings. The normalized spacial score (nSPS) is 10.4. The quantitative estimate of drug-likeness (QED) is 0.658. The fraction of sp³-hybridized carbons (Fsp3) is 0. The monoisotopic (exact) mass is 383 g/mol. The third-order valence-electron chi connectivity index (χ3n) is 2.09. The summed E-state index contributed by atoms with van der Waals surface area (Å²) in [5.41, 5.74) is 0.979. The van der Waals surface area contributed by atoms with Gasteiger partial charge in [-0.25, -0.2) is 0 Å². The Morgan fingerprint density at radius 3 is 2.39 bits per heavy atom. The van der Waals surface area contributed by atoms with Gasteiger partial charge in [-0.05, 0) is 34.1 Å². The van der Waals surface area contributed by atoms with Crippen molar-refractivity contribution in [2.75, 3.05) is 5.32 Å². The van der Waals surface area contributed by atoms with Gasteiger partial charge in [-0.2, -0.15) is 0 Å². The number of halogens is 4. The highest BCUT2D eigenvalue weighted by atomic mass is 79.9. The van der Waals surface area contributed by atoms with Crippen molar-refractivity contribution < 1.29 is 4.79 Å². The first kappa shape index (κ1) is 14.2. The van der Waals surface area contributed by atoms with E-state index in [0.29, 0.717) is 26.3 Å². The summed E-state index contributed by atoms with van der Waals surface area (Å²) < 4.78 is 0.882. The van der Waals surface area contributed by atoms with Crippen LogP contribution in [-0.2, 0) is 0 Å². The summed E-state index contributed by atoms with van der Waals surface area (Å²) >= 11 is 22.4. The molecule has 1 heterocycles. The second-order valence-electron chi connectivity index (χ2n) is 3.34. The predicted molar refractivity (Wildman–Crippen MR) is 81.4 cm³/mol. The van der Waals surface area contributed by atoms with Crippen LogP contribution in [0.5, 0.6) is 0 Å². The molecule has 1 aromatic heterocycles. The van der Waals surface area contributed by atoms with Gasteiger partial charge in [0.1, 0.15) is 0 Å². The molecular formula is C11H5BrCl3NOS. The fourth-order valence-corrected chi connectivity index (χ4v) is 2.97. The molecular weight excluding hydrogens is 380 g/mol. The van der Waals surface area contributed by atoms with Crippen molar-refractivity contribution in [1.82, 2.24) is 0 Å². The van der Waals surface area contributed by atoms with Crippen LogP contribution in [0.3, 0.4) is 0 Å². The van der Waals surface area contributed by atoms with E-state index >= 15 is 0 Å². The molecule has 0 aliphatic heterocycles. The van der Waals surface area contributed by atoms with Gasteiger partial charge in [0.15, 0.2) is 0 Å². The summed E-state index contributed by atoms with van der Waals surface area (Å²) in [6.45, 7) is 0. The molecule has 0 fully saturated rings. The zero-order chi connectivity index (χ0) is 13.3. The molecule has 0 spiro atoms. The molecule has 0 saturated carbocycles. The number of benzene rings is 1. The van der Waals surface area contributed by atoms with Crippen LogP contribution < -0.4 is 5.32 Å². The zero-order valence-electron chi connectivity index (χ0n) is 8.64. The number of hydrogen-bond acceptors (Lipinski definition) is 2. The largest absolute Gasteiger partial charge is 0.321 e. The van der Waals surface area contributed by atoms with E-state index in [9.17, 15) is 4.79 Å². The Morgan fingerprint density at radius 1 is 1.11 bits per heavy atom. The van der Waals surface area contributed by atoms with Crippen molar-refractivity contribution in [2.45, 2.75) is 0 Å². The average Bonchev–Trinajstić information content (AvgIpc) is 2.73. The molecule has 0 radical (unpaired) electrons. The van der Waals surface area contributed by atoms with Crippen LogP contribution in [0.1, 0.15) is 10.4 Å². The van der Waals surface area contributed by atoms with Gasteiger partial charge < -0.3 is 5.32 Å². The standard InChI is InChI=1S/C11H5BrCl3NOS/c12-10-1-5(4-18-10)11(17)16-9-3-7(14)6(13)2-8(9)15/h1-4H,(H,16,17). The van der Waals surface area contributed by atoms with Crippen LogP contribution in [0.2, 0.25) is 15.1 Å². The van der Waals surface area contributed by atoms with Gasteiger partial charge in [0.25, 0.3) is 5.91 Å². The lowest BCUT2D eigenvalue weighted by Gasteiger charge is -2.07. The van der Waals surface area contributed by atoms with E-state index in [4.69, 9.17) is 34.8 Å².